The first kappa shape index (κ1) is 12.1. The number of H-pyrrole nitrogens is 1. The number of hydrogen-bond acceptors (Lipinski definition) is 3. The van der Waals surface area contributed by atoms with Gasteiger partial charge >= 0.3 is 0 Å². The Morgan fingerprint density at radius 1 is 1.00 bits per heavy atom. The molecule has 2 aromatic carbocycles. The lowest BCUT2D eigenvalue weighted by Crippen LogP contribution is -2.07. The molecule has 0 atom stereocenters. The molecular weight excluding hydrogens is 256 g/mol. The predicted octanol–water partition coefficient (Wildman–Crippen LogP) is 3.10. The first-order valence-electron chi connectivity index (χ1n) is 6.02. The molecule has 5 heteroatoms. The van der Waals surface area contributed by atoms with E-state index in [1.807, 2.05) is 18.2 Å². The van der Waals surface area contributed by atoms with Crippen LogP contribution in [-0.4, -0.2) is 9.91 Å². The van der Waals surface area contributed by atoms with Gasteiger partial charge in [-0.05, 0) is 17.5 Å². The molecule has 0 amide bonds. The third-order valence-corrected chi connectivity index (χ3v) is 3.12. The molecule has 3 aromatic rings. The Hall–Kier alpha value is -2.95. The van der Waals surface area contributed by atoms with Crippen molar-refractivity contribution in [2.24, 2.45) is 0 Å². The van der Waals surface area contributed by atoms with E-state index in [2.05, 4.69) is 4.98 Å². The lowest BCUT2D eigenvalue weighted by molar-refractivity contribution is -0.384. The van der Waals surface area contributed by atoms with Crippen LogP contribution in [0.2, 0.25) is 0 Å². The number of rotatable bonds is 2. The molecular formula is C15H10N2O3. The maximum absolute atomic E-state index is 12.0. The number of hydrogen-bond donors (Lipinski definition) is 1. The van der Waals surface area contributed by atoms with Crippen molar-refractivity contribution >= 4 is 16.5 Å². The van der Waals surface area contributed by atoms with E-state index < -0.39 is 4.92 Å². The summed E-state index contributed by atoms with van der Waals surface area (Å²) in [4.78, 5) is 25.1. The van der Waals surface area contributed by atoms with Gasteiger partial charge in [-0.1, -0.05) is 30.3 Å². The van der Waals surface area contributed by atoms with E-state index in [1.54, 1.807) is 24.3 Å². The summed E-state index contributed by atoms with van der Waals surface area (Å²) < 4.78 is 0. The minimum atomic E-state index is -0.456. The maximum Gasteiger partial charge on any atom is 0.270 e. The number of nitrogens with zero attached hydrogens (tertiary/aromatic N) is 1. The molecule has 0 fully saturated rings. The van der Waals surface area contributed by atoms with Crippen molar-refractivity contribution in [3.05, 3.63) is 75.1 Å². The van der Waals surface area contributed by atoms with E-state index in [9.17, 15) is 14.9 Å². The number of nitrogens with one attached hydrogen (secondary N) is 1. The molecule has 3 rings (SSSR count). The minimum absolute atomic E-state index is 0.00323. The fraction of sp³-hybridized carbons (Fsp3) is 0. The molecule has 5 nitrogen and oxygen atoms in total. The van der Waals surface area contributed by atoms with E-state index in [-0.39, 0.29) is 11.2 Å². The summed E-state index contributed by atoms with van der Waals surface area (Å²) in [5, 5.41) is 12.2. The largest absolute Gasteiger partial charge is 0.321 e. The molecule has 1 N–H and O–H groups in total. The SMILES string of the molecule is O=c1[nH]c(-c2cccc([N+](=O)[O-])c2)cc2ccccc12. The number of benzene rings is 2. The first-order chi connectivity index (χ1) is 9.65. The van der Waals surface area contributed by atoms with Crippen LogP contribution >= 0.6 is 0 Å². The second kappa shape index (κ2) is 4.62. The van der Waals surface area contributed by atoms with Crippen molar-refractivity contribution in [1.29, 1.82) is 0 Å². The summed E-state index contributed by atoms with van der Waals surface area (Å²) in [5.41, 5.74) is 0.973. The highest BCUT2D eigenvalue weighted by atomic mass is 16.6. The van der Waals surface area contributed by atoms with Gasteiger partial charge in [-0.3, -0.25) is 14.9 Å². The Labute approximate surface area is 113 Å². The van der Waals surface area contributed by atoms with E-state index in [4.69, 9.17) is 0 Å². The molecule has 1 heterocycles. The number of non-ortho nitro benzene ring substituents is 1. The molecule has 0 unspecified atom stereocenters. The van der Waals surface area contributed by atoms with Gasteiger partial charge in [0.05, 0.1) is 4.92 Å². The van der Waals surface area contributed by atoms with Crippen LogP contribution in [0.25, 0.3) is 22.0 Å². The zero-order valence-electron chi connectivity index (χ0n) is 10.4. The molecule has 20 heavy (non-hydrogen) atoms. The Bertz CT molecular complexity index is 868. The van der Waals surface area contributed by atoms with Gasteiger partial charge in [0.1, 0.15) is 0 Å². The second-order valence-electron chi connectivity index (χ2n) is 4.41. The van der Waals surface area contributed by atoms with E-state index in [1.165, 1.54) is 12.1 Å². The maximum atomic E-state index is 12.0. The lowest BCUT2D eigenvalue weighted by atomic mass is 10.1. The summed E-state index contributed by atoms with van der Waals surface area (Å²) in [6.45, 7) is 0. The van der Waals surface area contributed by atoms with Crippen LogP contribution < -0.4 is 5.56 Å². The van der Waals surface area contributed by atoms with E-state index in [0.29, 0.717) is 16.6 Å². The summed E-state index contributed by atoms with van der Waals surface area (Å²) in [6.07, 6.45) is 0. The minimum Gasteiger partial charge on any atom is -0.321 e. The average molecular weight is 266 g/mol. The van der Waals surface area contributed by atoms with Crippen molar-refractivity contribution in [1.82, 2.24) is 4.98 Å². The summed E-state index contributed by atoms with van der Waals surface area (Å²) >= 11 is 0. The Morgan fingerprint density at radius 2 is 1.80 bits per heavy atom. The predicted molar refractivity (Wildman–Crippen MR) is 76.7 cm³/mol. The number of pyridine rings is 1. The third kappa shape index (κ3) is 2.05. The molecule has 1 aromatic heterocycles. The number of nitro benzene ring substituents is 1. The van der Waals surface area contributed by atoms with Gasteiger partial charge in [-0.15, -0.1) is 0 Å². The Morgan fingerprint density at radius 3 is 2.60 bits per heavy atom. The summed E-state index contributed by atoms with van der Waals surface area (Å²) in [5.74, 6) is 0. The fourth-order valence-corrected chi connectivity index (χ4v) is 2.15. The molecule has 98 valence electrons. The molecule has 0 aliphatic rings. The zero-order valence-corrected chi connectivity index (χ0v) is 10.4. The van der Waals surface area contributed by atoms with Crippen molar-refractivity contribution in [3.8, 4) is 11.3 Å². The standard InChI is InChI=1S/C15H10N2O3/c18-15-13-7-2-1-4-10(13)9-14(16-15)11-5-3-6-12(8-11)17(19)20/h1-9H,(H,16,18). The fourth-order valence-electron chi connectivity index (χ4n) is 2.15. The molecule has 0 bridgehead atoms. The Kier molecular flexibility index (Phi) is 2.80. The quantitative estimate of drug-likeness (QED) is 0.572. The molecule has 0 radical (unpaired) electrons. The van der Waals surface area contributed by atoms with Crippen LogP contribution in [0.4, 0.5) is 5.69 Å². The van der Waals surface area contributed by atoms with Crippen LogP contribution in [0.1, 0.15) is 0 Å². The molecule has 0 saturated heterocycles. The van der Waals surface area contributed by atoms with Crippen LogP contribution in [0.5, 0.6) is 0 Å². The Balaban J connectivity index is 2.22. The van der Waals surface area contributed by atoms with Gasteiger partial charge in [0, 0.05) is 28.8 Å². The van der Waals surface area contributed by atoms with Crippen LogP contribution in [0.15, 0.2) is 59.4 Å². The smallest absolute Gasteiger partial charge is 0.270 e. The van der Waals surface area contributed by atoms with Crippen molar-refractivity contribution in [2.45, 2.75) is 0 Å². The van der Waals surface area contributed by atoms with E-state index in [0.717, 1.165) is 5.39 Å². The second-order valence-corrected chi connectivity index (χ2v) is 4.41. The average Bonchev–Trinajstić information content (AvgIpc) is 2.47. The summed E-state index contributed by atoms with van der Waals surface area (Å²) in [7, 11) is 0. The first-order valence-corrected chi connectivity index (χ1v) is 6.02. The van der Waals surface area contributed by atoms with Crippen LogP contribution in [0.3, 0.4) is 0 Å². The molecule has 0 saturated carbocycles. The molecule has 0 aliphatic heterocycles. The highest BCUT2D eigenvalue weighted by Crippen LogP contribution is 2.23. The summed E-state index contributed by atoms with van der Waals surface area (Å²) in [6, 6.07) is 15.2. The van der Waals surface area contributed by atoms with Crippen LogP contribution in [0, 0.1) is 10.1 Å². The number of aromatic nitrogens is 1. The number of aromatic amines is 1. The monoisotopic (exact) mass is 266 g/mol. The van der Waals surface area contributed by atoms with Crippen molar-refractivity contribution in [2.75, 3.05) is 0 Å². The van der Waals surface area contributed by atoms with Crippen molar-refractivity contribution < 1.29 is 4.92 Å². The van der Waals surface area contributed by atoms with Gasteiger partial charge in [0.25, 0.3) is 11.2 Å². The highest BCUT2D eigenvalue weighted by Gasteiger charge is 2.09. The molecule has 0 spiro atoms. The van der Waals surface area contributed by atoms with Gasteiger partial charge in [-0.25, -0.2) is 0 Å². The topological polar surface area (TPSA) is 76.0 Å². The number of fused-ring (bicyclic) bond motifs is 1. The van der Waals surface area contributed by atoms with E-state index >= 15 is 0 Å². The third-order valence-electron chi connectivity index (χ3n) is 3.12. The highest BCUT2D eigenvalue weighted by molar-refractivity contribution is 5.85. The van der Waals surface area contributed by atoms with Gasteiger partial charge in [0.15, 0.2) is 0 Å². The van der Waals surface area contributed by atoms with Crippen molar-refractivity contribution in [3.63, 3.8) is 0 Å². The lowest BCUT2D eigenvalue weighted by Gasteiger charge is -2.04. The van der Waals surface area contributed by atoms with Crippen LogP contribution in [-0.2, 0) is 0 Å². The zero-order chi connectivity index (χ0) is 14.1. The van der Waals surface area contributed by atoms with Gasteiger partial charge < -0.3 is 4.98 Å². The van der Waals surface area contributed by atoms with Gasteiger partial charge in [0.2, 0.25) is 0 Å². The normalized spacial score (nSPS) is 10.6. The number of nitro groups is 1. The van der Waals surface area contributed by atoms with Gasteiger partial charge in [-0.2, -0.15) is 0 Å². The molecule has 0 aliphatic carbocycles.